The predicted octanol–water partition coefficient (Wildman–Crippen LogP) is 3.88. The normalized spacial score (nSPS) is 10.3. The van der Waals surface area contributed by atoms with Crippen LogP contribution in [0.2, 0.25) is 0 Å². The Balaban J connectivity index is 2.11. The summed E-state index contributed by atoms with van der Waals surface area (Å²) in [6, 6.07) is 17.3. The third-order valence-electron chi connectivity index (χ3n) is 3.55. The van der Waals surface area contributed by atoms with Gasteiger partial charge in [-0.2, -0.15) is 0 Å². The van der Waals surface area contributed by atoms with Crippen LogP contribution in [-0.4, -0.2) is 19.4 Å². The first kappa shape index (κ1) is 14.8. The van der Waals surface area contributed by atoms with E-state index in [1.165, 1.54) is 0 Å². The molecule has 0 amide bonds. The van der Waals surface area contributed by atoms with Crippen LogP contribution in [0.15, 0.2) is 60.7 Å². The predicted molar refractivity (Wildman–Crippen MR) is 87.3 cm³/mol. The van der Waals surface area contributed by atoms with Crippen LogP contribution >= 0.6 is 0 Å². The highest BCUT2D eigenvalue weighted by atomic mass is 16.5. The lowest BCUT2D eigenvalue weighted by molar-refractivity contribution is 0.0736. The Bertz CT molecular complexity index is 869. The van der Waals surface area contributed by atoms with Crippen molar-refractivity contribution >= 4 is 23.0 Å². The zero-order valence-electron chi connectivity index (χ0n) is 12.5. The van der Waals surface area contributed by atoms with Crippen LogP contribution in [0.1, 0.15) is 20.7 Å². The average Bonchev–Trinajstić information content (AvgIpc) is 2.61. The maximum Gasteiger partial charge on any atom is 0.343 e. The summed E-state index contributed by atoms with van der Waals surface area (Å²) in [7, 11) is 1.55. The van der Waals surface area contributed by atoms with Gasteiger partial charge >= 0.3 is 5.97 Å². The van der Waals surface area contributed by atoms with E-state index in [1.54, 1.807) is 55.6 Å². The van der Waals surface area contributed by atoms with E-state index in [0.717, 1.165) is 11.7 Å². The van der Waals surface area contributed by atoms with Crippen LogP contribution < -0.4 is 9.47 Å². The number of carbonyl (C=O) groups excluding carboxylic acids is 2. The molecule has 0 aliphatic carbocycles. The summed E-state index contributed by atoms with van der Waals surface area (Å²) in [6.45, 7) is 0. The van der Waals surface area contributed by atoms with Crippen molar-refractivity contribution in [3.8, 4) is 11.5 Å². The summed E-state index contributed by atoms with van der Waals surface area (Å²) < 4.78 is 10.8. The first-order valence-electron chi connectivity index (χ1n) is 7.06. The third kappa shape index (κ3) is 2.79. The zero-order valence-corrected chi connectivity index (χ0v) is 12.5. The van der Waals surface area contributed by atoms with E-state index in [9.17, 15) is 9.59 Å². The van der Waals surface area contributed by atoms with Gasteiger partial charge in [-0.25, -0.2) is 4.79 Å². The highest BCUT2D eigenvalue weighted by Crippen LogP contribution is 2.34. The highest BCUT2D eigenvalue weighted by Gasteiger charge is 2.15. The van der Waals surface area contributed by atoms with Crippen LogP contribution in [0.5, 0.6) is 11.5 Å². The Morgan fingerprint density at radius 1 is 0.913 bits per heavy atom. The Labute approximate surface area is 133 Å². The van der Waals surface area contributed by atoms with Crippen LogP contribution in [0.25, 0.3) is 10.8 Å². The fourth-order valence-corrected chi connectivity index (χ4v) is 2.47. The molecule has 4 heteroatoms. The van der Waals surface area contributed by atoms with Gasteiger partial charge in [-0.05, 0) is 30.3 Å². The van der Waals surface area contributed by atoms with E-state index in [2.05, 4.69) is 0 Å². The van der Waals surface area contributed by atoms with Crippen LogP contribution in [0, 0.1) is 0 Å². The molecule has 114 valence electrons. The van der Waals surface area contributed by atoms with Crippen molar-refractivity contribution < 1.29 is 19.1 Å². The van der Waals surface area contributed by atoms with Gasteiger partial charge in [0.2, 0.25) is 0 Å². The average molecular weight is 306 g/mol. The Morgan fingerprint density at radius 2 is 1.70 bits per heavy atom. The van der Waals surface area contributed by atoms with Gasteiger partial charge in [0, 0.05) is 16.3 Å². The van der Waals surface area contributed by atoms with Gasteiger partial charge < -0.3 is 9.47 Å². The summed E-state index contributed by atoms with van der Waals surface area (Å²) in [5, 5.41) is 1.28. The van der Waals surface area contributed by atoms with Crippen molar-refractivity contribution in [2.45, 2.75) is 0 Å². The molecular formula is C19H14O4. The highest BCUT2D eigenvalue weighted by molar-refractivity contribution is 6.05. The van der Waals surface area contributed by atoms with Crippen molar-refractivity contribution in [3.63, 3.8) is 0 Å². The van der Waals surface area contributed by atoms with E-state index < -0.39 is 5.97 Å². The number of ether oxygens (including phenoxy) is 2. The van der Waals surface area contributed by atoms with Crippen LogP contribution in [-0.2, 0) is 0 Å². The molecule has 0 fully saturated rings. The molecule has 0 radical (unpaired) electrons. The summed E-state index contributed by atoms with van der Waals surface area (Å²) in [4.78, 5) is 23.6. The van der Waals surface area contributed by atoms with Crippen molar-refractivity contribution in [1.82, 2.24) is 0 Å². The Kier molecular flexibility index (Phi) is 4.06. The van der Waals surface area contributed by atoms with Gasteiger partial charge in [0.1, 0.15) is 11.5 Å². The number of benzene rings is 3. The lowest BCUT2D eigenvalue weighted by atomic mass is 10.0. The minimum atomic E-state index is -0.474. The molecule has 23 heavy (non-hydrogen) atoms. The zero-order chi connectivity index (χ0) is 16.2. The molecule has 3 aromatic rings. The van der Waals surface area contributed by atoms with E-state index in [1.807, 2.05) is 12.1 Å². The van der Waals surface area contributed by atoms with Crippen LogP contribution in [0.3, 0.4) is 0 Å². The summed E-state index contributed by atoms with van der Waals surface area (Å²) in [6.07, 6.45) is 0.738. The second-order valence-electron chi connectivity index (χ2n) is 4.91. The third-order valence-corrected chi connectivity index (χ3v) is 3.55. The van der Waals surface area contributed by atoms with E-state index in [0.29, 0.717) is 28.0 Å². The first-order chi connectivity index (χ1) is 11.2. The fourth-order valence-electron chi connectivity index (χ4n) is 2.47. The molecule has 0 aliphatic heterocycles. The fraction of sp³-hybridized carbons (Fsp3) is 0.0526. The summed E-state index contributed by atoms with van der Waals surface area (Å²) >= 11 is 0. The van der Waals surface area contributed by atoms with Crippen molar-refractivity contribution in [2.75, 3.05) is 7.11 Å². The van der Waals surface area contributed by atoms with E-state index >= 15 is 0 Å². The van der Waals surface area contributed by atoms with Crippen LogP contribution in [0.4, 0.5) is 0 Å². The number of hydrogen-bond acceptors (Lipinski definition) is 4. The molecule has 0 spiro atoms. The van der Waals surface area contributed by atoms with Gasteiger partial charge in [0.25, 0.3) is 0 Å². The lowest BCUT2D eigenvalue weighted by Crippen LogP contribution is -2.08. The van der Waals surface area contributed by atoms with Gasteiger partial charge in [0.05, 0.1) is 12.7 Å². The quantitative estimate of drug-likeness (QED) is 0.417. The topological polar surface area (TPSA) is 52.6 Å². The molecule has 0 aliphatic rings. The number of carbonyl (C=O) groups is 2. The van der Waals surface area contributed by atoms with E-state index in [-0.39, 0.29) is 0 Å². The molecule has 3 aromatic carbocycles. The molecular weight excluding hydrogens is 292 g/mol. The molecule has 0 atom stereocenters. The largest absolute Gasteiger partial charge is 0.496 e. The smallest absolute Gasteiger partial charge is 0.343 e. The Morgan fingerprint density at radius 3 is 2.39 bits per heavy atom. The number of methoxy groups -OCH3 is 1. The monoisotopic (exact) mass is 306 g/mol. The van der Waals surface area contributed by atoms with Gasteiger partial charge in [-0.15, -0.1) is 0 Å². The Hall–Kier alpha value is -3.14. The standard InChI is InChI=1S/C19H14O4/c1-22-16-11-10-14(12-20)18-15(16)8-5-9-17(18)23-19(21)13-6-3-2-4-7-13/h2-12H,1H3. The number of rotatable bonds is 4. The lowest BCUT2D eigenvalue weighted by Gasteiger charge is -2.12. The molecule has 4 nitrogen and oxygen atoms in total. The maximum absolute atomic E-state index is 12.3. The minimum absolute atomic E-state index is 0.331. The number of aldehydes is 1. The summed E-state index contributed by atoms with van der Waals surface area (Å²) in [5.74, 6) is 0.471. The molecule has 0 N–H and O–H groups in total. The molecule has 0 saturated heterocycles. The molecule has 3 rings (SSSR count). The summed E-state index contributed by atoms with van der Waals surface area (Å²) in [5.41, 5.74) is 0.886. The number of esters is 1. The molecule has 0 saturated carbocycles. The second kappa shape index (κ2) is 6.32. The molecule has 0 aromatic heterocycles. The van der Waals surface area contributed by atoms with Gasteiger partial charge in [0.15, 0.2) is 6.29 Å². The van der Waals surface area contributed by atoms with Gasteiger partial charge in [-0.1, -0.05) is 30.3 Å². The van der Waals surface area contributed by atoms with E-state index in [4.69, 9.17) is 9.47 Å². The van der Waals surface area contributed by atoms with Crippen molar-refractivity contribution in [1.29, 1.82) is 0 Å². The van der Waals surface area contributed by atoms with Crippen molar-refractivity contribution in [3.05, 3.63) is 71.8 Å². The first-order valence-corrected chi connectivity index (χ1v) is 7.06. The molecule has 0 bridgehead atoms. The second-order valence-corrected chi connectivity index (χ2v) is 4.91. The van der Waals surface area contributed by atoms with Gasteiger partial charge in [-0.3, -0.25) is 4.79 Å². The number of hydrogen-bond donors (Lipinski definition) is 0. The SMILES string of the molecule is COc1ccc(C=O)c2c(OC(=O)c3ccccc3)cccc12. The number of fused-ring (bicyclic) bond motifs is 1. The van der Waals surface area contributed by atoms with Crippen molar-refractivity contribution in [2.24, 2.45) is 0 Å². The molecule has 0 heterocycles. The minimum Gasteiger partial charge on any atom is -0.496 e. The maximum atomic E-state index is 12.3. The molecule has 0 unspecified atom stereocenters.